The third kappa shape index (κ3) is 18.0. The predicted molar refractivity (Wildman–Crippen MR) is 39.2 cm³/mol. The standard InChI is InChI=1S/C4H8.C2H6O2S/c1-2-4-3-1;1-5(2,3)4/h1-4H2;1-2H3. The average Bonchev–Trinajstić information content (AvgIpc) is 1.12. The van der Waals surface area contributed by atoms with Crippen molar-refractivity contribution in [2.24, 2.45) is 0 Å². The van der Waals surface area contributed by atoms with Crippen LogP contribution in [-0.4, -0.2) is 20.9 Å². The fourth-order valence-corrected chi connectivity index (χ4v) is 0.250. The molecule has 0 heterocycles. The number of hydrogen-bond donors (Lipinski definition) is 0. The second-order valence-corrected chi connectivity index (χ2v) is 4.84. The maximum absolute atomic E-state index is 9.63. The van der Waals surface area contributed by atoms with Crippen LogP contribution in [0.5, 0.6) is 0 Å². The Morgan fingerprint density at radius 2 is 1.00 bits per heavy atom. The Balaban J connectivity index is 0.000000144. The van der Waals surface area contributed by atoms with Crippen LogP contribution >= 0.6 is 0 Å². The lowest BCUT2D eigenvalue weighted by molar-refractivity contribution is 0.504. The van der Waals surface area contributed by atoms with Crippen LogP contribution in [0.1, 0.15) is 25.7 Å². The first-order valence-electron chi connectivity index (χ1n) is 3.15. The fourth-order valence-electron chi connectivity index (χ4n) is 0.250. The molecule has 1 fully saturated rings. The van der Waals surface area contributed by atoms with Crippen LogP contribution in [0.4, 0.5) is 0 Å². The molecule has 0 unspecified atom stereocenters. The minimum atomic E-state index is -2.67. The van der Waals surface area contributed by atoms with Crippen molar-refractivity contribution in [1.29, 1.82) is 0 Å². The average molecular weight is 150 g/mol. The summed E-state index contributed by atoms with van der Waals surface area (Å²) < 4.78 is 19.3. The minimum absolute atomic E-state index is 1.16. The van der Waals surface area contributed by atoms with Crippen LogP contribution in [0.25, 0.3) is 0 Å². The van der Waals surface area contributed by atoms with Crippen molar-refractivity contribution in [2.45, 2.75) is 25.7 Å². The quantitative estimate of drug-likeness (QED) is 0.520. The van der Waals surface area contributed by atoms with E-state index in [1.54, 1.807) is 0 Å². The summed E-state index contributed by atoms with van der Waals surface area (Å²) in [5, 5.41) is 0. The first-order chi connectivity index (χ1) is 4.00. The van der Waals surface area contributed by atoms with Gasteiger partial charge in [-0.2, -0.15) is 0 Å². The van der Waals surface area contributed by atoms with Crippen LogP contribution in [0, 0.1) is 0 Å². The molecule has 0 spiro atoms. The number of sulfone groups is 1. The van der Waals surface area contributed by atoms with E-state index in [-0.39, 0.29) is 0 Å². The highest BCUT2D eigenvalue weighted by Crippen LogP contribution is 2.15. The molecule has 1 saturated carbocycles. The third-order valence-corrected chi connectivity index (χ3v) is 1.000. The molecule has 2 nitrogen and oxygen atoms in total. The second-order valence-electron chi connectivity index (χ2n) is 2.56. The zero-order valence-corrected chi connectivity index (χ0v) is 6.87. The summed E-state index contributed by atoms with van der Waals surface area (Å²) in [7, 11) is -2.67. The molecule has 0 atom stereocenters. The van der Waals surface area contributed by atoms with E-state index in [1.165, 1.54) is 25.7 Å². The minimum Gasteiger partial charge on any atom is -0.229 e. The van der Waals surface area contributed by atoms with Crippen LogP contribution < -0.4 is 0 Å². The smallest absolute Gasteiger partial charge is 0.144 e. The molecule has 0 radical (unpaired) electrons. The van der Waals surface area contributed by atoms with Crippen molar-refractivity contribution in [1.82, 2.24) is 0 Å². The maximum Gasteiger partial charge on any atom is 0.144 e. The topological polar surface area (TPSA) is 34.1 Å². The third-order valence-electron chi connectivity index (χ3n) is 1.000. The van der Waals surface area contributed by atoms with Gasteiger partial charge in [-0.25, -0.2) is 8.42 Å². The lowest BCUT2D eigenvalue weighted by Gasteiger charge is -2.05. The van der Waals surface area contributed by atoms with Crippen LogP contribution in [0.15, 0.2) is 0 Å². The van der Waals surface area contributed by atoms with E-state index in [2.05, 4.69) is 0 Å². The monoisotopic (exact) mass is 150 g/mol. The van der Waals surface area contributed by atoms with Crippen molar-refractivity contribution >= 4 is 9.84 Å². The molecule has 1 rings (SSSR count). The van der Waals surface area contributed by atoms with E-state index in [0.717, 1.165) is 12.5 Å². The van der Waals surface area contributed by atoms with E-state index in [4.69, 9.17) is 0 Å². The summed E-state index contributed by atoms with van der Waals surface area (Å²) in [6, 6.07) is 0. The molecule has 3 heteroatoms. The summed E-state index contributed by atoms with van der Waals surface area (Å²) >= 11 is 0. The van der Waals surface area contributed by atoms with Gasteiger partial charge in [0.1, 0.15) is 9.84 Å². The van der Waals surface area contributed by atoms with Gasteiger partial charge in [0.2, 0.25) is 0 Å². The molecule has 9 heavy (non-hydrogen) atoms. The Morgan fingerprint density at radius 1 is 0.889 bits per heavy atom. The van der Waals surface area contributed by atoms with Crippen LogP contribution in [-0.2, 0) is 9.84 Å². The van der Waals surface area contributed by atoms with Gasteiger partial charge in [-0.1, -0.05) is 25.7 Å². The van der Waals surface area contributed by atoms with Crippen molar-refractivity contribution in [2.75, 3.05) is 12.5 Å². The van der Waals surface area contributed by atoms with Crippen molar-refractivity contribution in [3.63, 3.8) is 0 Å². The highest BCUT2D eigenvalue weighted by molar-refractivity contribution is 7.89. The molecule has 0 bridgehead atoms. The molecular formula is C6H14O2S. The molecule has 0 saturated heterocycles. The molecule has 0 amide bonds. The zero-order chi connectivity index (χ0) is 7.33. The first kappa shape index (κ1) is 8.95. The van der Waals surface area contributed by atoms with E-state index in [9.17, 15) is 8.42 Å². The molecular weight excluding hydrogens is 136 g/mol. The van der Waals surface area contributed by atoms with Crippen molar-refractivity contribution in [3.8, 4) is 0 Å². The maximum atomic E-state index is 9.63. The zero-order valence-electron chi connectivity index (χ0n) is 6.05. The largest absolute Gasteiger partial charge is 0.229 e. The molecule has 0 aromatic carbocycles. The Hall–Kier alpha value is -0.0500. The molecule has 0 aromatic heterocycles. The van der Waals surface area contributed by atoms with Gasteiger partial charge < -0.3 is 0 Å². The molecule has 0 N–H and O–H groups in total. The highest BCUT2D eigenvalue weighted by Gasteiger charge is 1.95. The Labute approximate surface area is 57.2 Å². The fraction of sp³-hybridized carbons (Fsp3) is 1.00. The van der Waals surface area contributed by atoms with E-state index in [0.29, 0.717) is 0 Å². The predicted octanol–water partition coefficient (Wildman–Crippen LogP) is 1.22. The summed E-state index contributed by atoms with van der Waals surface area (Å²) in [4.78, 5) is 0. The second kappa shape index (κ2) is 3.88. The van der Waals surface area contributed by atoms with E-state index >= 15 is 0 Å². The lowest BCUT2D eigenvalue weighted by Crippen LogP contribution is -1.86. The number of rotatable bonds is 0. The SMILES string of the molecule is C1CCC1.CS(C)(=O)=O. The normalized spacial score (nSPS) is 17.1. The van der Waals surface area contributed by atoms with Gasteiger partial charge in [-0.3, -0.25) is 0 Å². The van der Waals surface area contributed by atoms with Crippen molar-refractivity contribution < 1.29 is 8.42 Å². The van der Waals surface area contributed by atoms with Gasteiger partial charge in [0.15, 0.2) is 0 Å². The van der Waals surface area contributed by atoms with Gasteiger partial charge >= 0.3 is 0 Å². The number of hydrogen-bond acceptors (Lipinski definition) is 2. The molecule has 0 aromatic rings. The summed E-state index contributed by atoms with van der Waals surface area (Å²) in [6.45, 7) is 0. The molecule has 1 aliphatic rings. The van der Waals surface area contributed by atoms with Gasteiger partial charge in [-0.05, 0) is 0 Å². The van der Waals surface area contributed by atoms with Gasteiger partial charge in [0.05, 0.1) is 0 Å². The van der Waals surface area contributed by atoms with E-state index in [1.807, 2.05) is 0 Å². The Kier molecular flexibility index (Phi) is 3.86. The molecule has 1 aliphatic carbocycles. The highest BCUT2D eigenvalue weighted by atomic mass is 32.2. The molecule has 56 valence electrons. The van der Waals surface area contributed by atoms with Crippen molar-refractivity contribution in [3.05, 3.63) is 0 Å². The molecule has 0 aliphatic heterocycles. The summed E-state index contributed by atoms with van der Waals surface area (Å²) in [5.74, 6) is 0. The van der Waals surface area contributed by atoms with Gasteiger partial charge in [0, 0.05) is 12.5 Å². The van der Waals surface area contributed by atoms with Crippen LogP contribution in [0.3, 0.4) is 0 Å². The Morgan fingerprint density at radius 3 is 1.00 bits per heavy atom. The Bertz CT molecular complexity index is 130. The van der Waals surface area contributed by atoms with Crippen LogP contribution in [0.2, 0.25) is 0 Å². The summed E-state index contributed by atoms with van der Waals surface area (Å²) in [5.41, 5.74) is 0. The van der Waals surface area contributed by atoms with Gasteiger partial charge in [0.25, 0.3) is 0 Å². The first-order valence-corrected chi connectivity index (χ1v) is 5.45. The lowest BCUT2D eigenvalue weighted by atomic mass is 10.0. The van der Waals surface area contributed by atoms with Gasteiger partial charge in [-0.15, -0.1) is 0 Å². The summed E-state index contributed by atoms with van der Waals surface area (Å²) in [6.07, 6.45) is 8.32. The van der Waals surface area contributed by atoms with E-state index < -0.39 is 9.84 Å².